The van der Waals surface area contributed by atoms with Crippen LogP contribution in [0.2, 0.25) is 0 Å². The van der Waals surface area contributed by atoms with Gasteiger partial charge in [-0.05, 0) is 74.6 Å². The van der Waals surface area contributed by atoms with E-state index in [0.29, 0.717) is 12.2 Å². The van der Waals surface area contributed by atoms with Gasteiger partial charge in [-0.3, -0.25) is 10.1 Å². The lowest BCUT2D eigenvalue weighted by atomic mass is 9.93. The summed E-state index contributed by atoms with van der Waals surface area (Å²) in [5, 5.41) is 5.80. The molecule has 0 aliphatic rings. The number of halogens is 2. The normalized spacial score (nSPS) is 13.2. The van der Waals surface area contributed by atoms with Gasteiger partial charge in [-0.2, -0.15) is 0 Å². The number of carbonyl (C=O) groups excluding carboxylic acids is 1. The van der Waals surface area contributed by atoms with Gasteiger partial charge in [0.05, 0.1) is 18.7 Å². The summed E-state index contributed by atoms with van der Waals surface area (Å²) in [6.45, 7) is 11.7. The number of amides is 1. The molecule has 182 valence electrons. The third-order valence-corrected chi connectivity index (χ3v) is 5.13. The van der Waals surface area contributed by atoms with E-state index in [9.17, 15) is 13.6 Å². The third-order valence-electron chi connectivity index (χ3n) is 5.13. The molecule has 0 saturated carbocycles. The van der Waals surface area contributed by atoms with Crippen LogP contribution in [0.3, 0.4) is 0 Å². The first-order chi connectivity index (χ1) is 16.2. The van der Waals surface area contributed by atoms with Crippen LogP contribution in [0, 0.1) is 11.6 Å². The Labute approximate surface area is 200 Å². The van der Waals surface area contributed by atoms with Crippen molar-refractivity contribution >= 4 is 17.4 Å². The maximum atomic E-state index is 14.4. The summed E-state index contributed by atoms with van der Waals surface area (Å²) in [6, 6.07) is 10.1. The molecule has 7 heteroatoms. The van der Waals surface area contributed by atoms with Gasteiger partial charge in [0.2, 0.25) is 0 Å². The molecule has 0 radical (unpaired) electrons. The number of hydrogen-bond acceptors (Lipinski definition) is 3. The molecule has 0 bridgehead atoms. The highest BCUT2D eigenvalue weighted by Gasteiger charge is 2.17. The first-order valence-corrected chi connectivity index (χ1v) is 11.3. The lowest BCUT2D eigenvalue weighted by Gasteiger charge is -2.19. The van der Waals surface area contributed by atoms with Crippen LogP contribution in [0.4, 0.5) is 8.78 Å². The summed E-state index contributed by atoms with van der Waals surface area (Å²) in [4.78, 5) is 17.4. The number of carbonyl (C=O) groups is 1. The summed E-state index contributed by atoms with van der Waals surface area (Å²) < 4.78 is 32.8. The fourth-order valence-electron chi connectivity index (χ4n) is 3.49. The van der Waals surface area contributed by atoms with Crippen LogP contribution < -0.4 is 15.4 Å². The van der Waals surface area contributed by atoms with E-state index in [1.807, 2.05) is 27.7 Å². The maximum Gasteiger partial charge on any atom is 0.260 e. The molecule has 5 nitrogen and oxygen atoms in total. The van der Waals surface area contributed by atoms with Gasteiger partial charge in [0, 0.05) is 12.1 Å². The molecule has 1 amide bonds. The average Bonchev–Trinajstić information content (AvgIpc) is 2.79. The van der Waals surface area contributed by atoms with Crippen LogP contribution in [-0.2, 0) is 0 Å². The second-order valence-electron chi connectivity index (χ2n) is 8.20. The molecule has 34 heavy (non-hydrogen) atoms. The minimum atomic E-state index is -0.686. The van der Waals surface area contributed by atoms with Crippen molar-refractivity contribution < 1.29 is 18.3 Å². The maximum absolute atomic E-state index is 14.4. The Hall–Kier alpha value is -3.48. The molecule has 0 fully saturated rings. The first kappa shape index (κ1) is 26.8. The third kappa shape index (κ3) is 7.54. The molecule has 0 saturated heterocycles. The van der Waals surface area contributed by atoms with Crippen molar-refractivity contribution in [3.63, 3.8) is 0 Å². The molecular weight excluding hydrogens is 436 g/mol. The number of rotatable bonds is 9. The van der Waals surface area contributed by atoms with Crippen LogP contribution in [-0.4, -0.2) is 31.1 Å². The number of methoxy groups -OCH3 is 1. The molecule has 2 aromatic carbocycles. The lowest BCUT2D eigenvalue weighted by Crippen LogP contribution is -2.44. The Morgan fingerprint density at radius 2 is 1.82 bits per heavy atom. The van der Waals surface area contributed by atoms with Crippen LogP contribution >= 0.6 is 0 Å². The Bertz CT molecular complexity index is 1060. The van der Waals surface area contributed by atoms with Gasteiger partial charge in [0.25, 0.3) is 5.91 Å². The Balaban J connectivity index is 2.31. The number of nitrogens with one attached hydrogen (secondary N) is 2. The van der Waals surface area contributed by atoms with Crippen molar-refractivity contribution in [2.75, 3.05) is 7.11 Å². The largest absolute Gasteiger partial charge is 0.497 e. The number of allylic oxidation sites excluding steroid dienone is 2. The van der Waals surface area contributed by atoms with Gasteiger partial charge in [-0.1, -0.05) is 31.7 Å². The average molecular weight is 470 g/mol. The highest BCUT2D eigenvalue weighted by Crippen LogP contribution is 2.27. The Morgan fingerprint density at radius 1 is 1.15 bits per heavy atom. The van der Waals surface area contributed by atoms with Gasteiger partial charge >= 0.3 is 0 Å². The highest BCUT2D eigenvalue weighted by atomic mass is 19.1. The second-order valence-corrected chi connectivity index (χ2v) is 8.20. The molecule has 0 spiro atoms. The fraction of sp³-hybridized carbons (Fsp3) is 0.333. The summed E-state index contributed by atoms with van der Waals surface area (Å²) in [5.74, 6) is -1.03. The summed E-state index contributed by atoms with van der Waals surface area (Å²) in [5.41, 5.74) is 2.82. The van der Waals surface area contributed by atoms with Crippen LogP contribution in [0.25, 0.3) is 5.57 Å². The summed E-state index contributed by atoms with van der Waals surface area (Å²) >= 11 is 0. The van der Waals surface area contributed by atoms with Gasteiger partial charge in [-0.25, -0.2) is 13.8 Å². The number of benzene rings is 2. The summed E-state index contributed by atoms with van der Waals surface area (Å²) in [7, 11) is 1.43. The smallest absolute Gasteiger partial charge is 0.260 e. The van der Waals surface area contributed by atoms with Crippen LogP contribution in [0.5, 0.6) is 5.75 Å². The molecule has 0 aromatic heterocycles. The number of ether oxygens (including phenoxy) is 1. The quantitative estimate of drug-likeness (QED) is 0.274. The number of guanidine groups is 1. The number of aliphatic imine (C=N–C) groups is 1. The molecule has 2 rings (SSSR count). The predicted molar refractivity (Wildman–Crippen MR) is 134 cm³/mol. The topological polar surface area (TPSA) is 62.7 Å². The highest BCUT2D eigenvalue weighted by molar-refractivity contribution is 6.06. The van der Waals surface area contributed by atoms with E-state index in [-0.39, 0.29) is 29.4 Å². The number of nitrogens with zero attached hydrogens (tertiary/aromatic N) is 1. The second kappa shape index (κ2) is 12.7. The zero-order valence-electron chi connectivity index (χ0n) is 20.4. The van der Waals surface area contributed by atoms with Crippen molar-refractivity contribution in [3.05, 3.63) is 83.5 Å². The van der Waals surface area contributed by atoms with E-state index in [2.05, 4.69) is 22.2 Å². The molecule has 2 aromatic rings. The molecule has 1 unspecified atom stereocenters. The molecule has 1 atom stereocenters. The van der Waals surface area contributed by atoms with Crippen molar-refractivity contribution in [1.29, 1.82) is 0 Å². The van der Waals surface area contributed by atoms with Gasteiger partial charge < -0.3 is 10.1 Å². The zero-order valence-corrected chi connectivity index (χ0v) is 20.4. The lowest BCUT2D eigenvalue weighted by molar-refractivity contribution is 0.0971. The fourth-order valence-corrected chi connectivity index (χ4v) is 3.49. The molecular formula is C27H33F2N3O2. The van der Waals surface area contributed by atoms with Gasteiger partial charge in [0.1, 0.15) is 17.4 Å². The SMILES string of the molecule is C=CC(CC)=C(CC(C)N=C(NC(=O)c1ccc(OC)cc1F)NC(C)C)c1ccc(F)cc1. The number of hydrogen-bond donors (Lipinski definition) is 2. The van der Waals surface area contributed by atoms with E-state index >= 15 is 0 Å². The van der Waals surface area contributed by atoms with Gasteiger partial charge in [0.15, 0.2) is 5.96 Å². The standard InChI is InChI=1S/C27H33F2N3O2/c1-7-19(8-2)24(20-9-11-21(28)12-10-20)15-18(5)31-27(30-17(3)4)32-26(33)23-14-13-22(34-6)16-25(23)29/h7,9-14,16-18H,1,8,15H2,2-6H3,(H2,30,31,32,33). The molecule has 0 aliphatic carbocycles. The van der Waals surface area contributed by atoms with E-state index in [1.165, 1.54) is 31.4 Å². The first-order valence-electron chi connectivity index (χ1n) is 11.3. The van der Waals surface area contributed by atoms with Crippen molar-refractivity contribution in [1.82, 2.24) is 10.6 Å². The van der Waals surface area contributed by atoms with E-state index in [0.717, 1.165) is 29.2 Å². The zero-order chi connectivity index (χ0) is 25.3. The van der Waals surface area contributed by atoms with E-state index in [4.69, 9.17) is 4.74 Å². The van der Waals surface area contributed by atoms with Crippen molar-refractivity contribution in [2.24, 2.45) is 4.99 Å². The van der Waals surface area contributed by atoms with E-state index in [1.54, 1.807) is 18.2 Å². The minimum Gasteiger partial charge on any atom is -0.497 e. The van der Waals surface area contributed by atoms with E-state index < -0.39 is 11.7 Å². The minimum absolute atomic E-state index is 0.0153. The van der Waals surface area contributed by atoms with Crippen molar-refractivity contribution in [2.45, 2.75) is 52.6 Å². The molecule has 0 aliphatic heterocycles. The molecule has 2 N–H and O–H groups in total. The summed E-state index contributed by atoms with van der Waals surface area (Å²) in [6.07, 6.45) is 3.10. The Kier molecular flexibility index (Phi) is 9.98. The van der Waals surface area contributed by atoms with Crippen LogP contribution in [0.15, 0.2) is 65.7 Å². The van der Waals surface area contributed by atoms with Crippen LogP contribution in [0.1, 0.15) is 56.5 Å². The molecule has 0 heterocycles. The van der Waals surface area contributed by atoms with Crippen molar-refractivity contribution in [3.8, 4) is 5.75 Å². The van der Waals surface area contributed by atoms with Gasteiger partial charge in [-0.15, -0.1) is 0 Å². The Morgan fingerprint density at radius 3 is 2.35 bits per heavy atom. The monoisotopic (exact) mass is 469 g/mol. The predicted octanol–water partition coefficient (Wildman–Crippen LogP) is 5.89.